The first-order valence-corrected chi connectivity index (χ1v) is 46.7. The Hall–Kier alpha value is -8.75. The smallest absolute Gasteiger partial charge is 0.227 e. The normalized spacial score (nSPS) is 11.7. The molecule has 0 N–H and O–H groups in total. The number of carbonyl (C=O) groups excluding carboxylic acids is 1. The molecule has 0 spiro atoms. The quantitative estimate of drug-likeness (QED) is 0.0416. The van der Waals surface area contributed by atoms with Crippen molar-refractivity contribution >= 4 is 51.4 Å². The van der Waals surface area contributed by atoms with E-state index in [1.54, 1.807) is 0 Å². The molecule has 0 aliphatic rings. The van der Waals surface area contributed by atoms with Crippen LogP contribution in [-0.2, 0) is 43.3 Å². The lowest BCUT2D eigenvalue weighted by molar-refractivity contribution is -0.119. The van der Waals surface area contributed by atoms with Gasteiger partial charge in [0.25, 0.3) is 0 Å². The number of carbonyl (C=O) groups is 1. The molecule has 0 atom stereocenters. The molecule has 122 heavy (non-hydrogen) atoms. The first-order chi connectivity index (χ1) is 58.6. The summed E-state index contributed by atoms with van der Waals surface area (Å²) in [5, 5.41) is 0. The summed E-state index contributed by atoms with van der Waals surface area (Å²) in [6, 6.07) is 77.4. The number of hydrogen-bond donors (Lipinski definition) is 0. The highest BCUT2D eigenvalue weighted by Gasteiger charge is 2.25. The Bertz CT molecular complexity index is 4390. The third-order valence-corrected chi connectivity index (χ3v) is 21.1. The van der Waals surface area contributed by atoms with Crippen LogP contribution in [0.2, 0.25) is 0 Å². The molecular formula is C114H174N6O2. The molecule has 672 valence electrons. The molecule has 9 rings (SSSR count). The van der Waals surface area contributed by atoms with Gasteiger partial charge in [0, 0.05) is 112 Å². The van der Waals surface area contributed by atoms with Crippen LogP contribution in [-0.4, -0.2) is 68.3 Å². The molecule has 0 unspecified atom stereocenters. The third kappa shape index (κ3) is 37.4. The van der Waals surface area contributed by atoms with Crippen molar-refractivity contribution in [3.63, 3.8) is 0 Å². The van der Waals surface area contributed by atoms with E-state index in [-0.39, 0.29) is 24.1 Å². The first kappa shape index (κ1) is 102. The highest BCUT2D eigenvalue weighted by molar-refractivity contribution is 5.95. The summed E-state index contributed by atoms with van der Waals surface area (Å²) in [6.07, 6.45) is 8.37. The van der Waals surface area contributed by atoms with Crippen molar-refractivity contribution in [2.24, 2.45) is 41.4 Å². The minimum atomic E-state index is -2.10. The lowest BCUT2D eigenvalue weighted by Crippen LogP contribution is -2.38. The number of anilines is 8. The average molecular weight is 1660 g/mol. The lowest BCUT2D eigenvalue weighted by Gasteiger charge is -2.35. The Morgan fingerprint density at radius 3 is 0.934 bits per heavy atom. The third-order valence-electron chi connectivity index (χ3n) is 21.1. The molecular weight excluding hydrogens is 1490 g/mol. The standard InChI is InChI=1S/C21H29N.C19H25N.C17H27NO.C16H27N.2C14H23N.C13H20O/c1-15(2)14-19-12-7-8-13-20(19)22(16(3)4)21-17(5)10-9-11-18(21)6;1-15(2)14-17-10-8-9-13-19(17)20(16(3)4)18-11-6-5-7-12-18;1-12(2)10-11-16(19)18(13(3)4)17-14(5)8-7-9-15(17)6;1-12(2)11-15-9-7-8-10-16(15)17(13(3)4)14(5)6;2*1-11(2)10-13-8-6-7-9-14(13)15(5)12(3)4;1-10(2)9-12-7-5-6-8-13(12)14-11(3)4/h7-13,15-16H,14H2,1-6H3;5-13,15-16H,14H2,1-4H3;7-9,12-13H,10-11H2,1-6H3;7-10,12-14H,11H2,1-6H3;2*6-9,11-12H,10H2,1-5H3;5-8,10-11H,9H2,1-4H3/i;;;;5D3;;. The molecule has 0 aliphatic heterocycles. The zero-order valence-corrected chi connectivity index (χ0v) is 83.5. The number of amides is 1. The second-order valence-electron chi connectivity index (χ2n) is 38.8. The van der Waals surface area contributed by atoms with Crippen molar-refractivity contribution in [3.05, 3.63) is 268 Å². The first-order valence-electron chi connectivity index (χ1n) is 48.2. The maximum absolute atomic E-state index is 12.5. The van der Waals surface area contributed by atoms with Gasteiger partial charge in [0.1, 0.15) is 5.75 Å². The molecule has 0 heterocycles. The fourth-order valence-corrected chi connectivity index (χ4v) is 15.6. The Morgan fingerprint density at radius 1 is 0.295 bits per heavy atom. The summed E-state index contributed by atoms with van der Waals surface area (Å²) in [7, 11) is 2.17. The highest BCUT2D eigenvalue weighted by atomic mass is 16.5. The SMILES string of the molecule is CC(C)Cc1ccccc1N(C(C)C)C(C)C.CC(C)Cc1ccccc1N(C)C(C)C.CC(C)Cc1ccccc1N(c1ccccc1)C(C)C.CC(C)Cc1ccccc1OC(C)C.Cc1cccc(C)c1N(C(=O)CCC(C)C)C(C)C.Cc1cccc(C)c1N(c1ccccc1CC(C)C)C(C)C.[2H]C([2H])([2H])N(c1ccccc1CC(C)C)C(C)C. The van der Waals surface area contributed by atoms with E-state index in [0.29, 0.717) is 78.1 Å². The van der Waals surface area contributed by atoms with Crippen molar-refractivity contribution in [1.29, 1.82) is 0 Å². The largest absolute Gasteiger partial charge is 0.491 e. The van der Waals surface area contributed by atoms with Crippen molar-refractivity contribution < 1.29 is 13.6 Å². The van der Waals surface area contributed by atoms with Crippen molar-refractivity contribution in [2.75, 3.05) is 43.4 Å². The van der Waals surface area contributed by atoms with Crippen LogP contribution in [0.5, 0.6) is 5.75 Å². The Kier molecular flexibility index (Phi) is 46.4. The molecule has 9 aromatic rings. The molecule has 0 aliphatic carbocycles. The zero-order chi connectivity index (χ0) is 94.3. The highest BCUT2D eigenvalue weighted by Crippen LogP contribution is 2.38. The lowest BCUT2D eigenvalue weighted by atomic mass is 9.98. The number of hydrogen-bond acceptors (Lipinski definition) is 7. The van der Waals surface area contributed by atoms with Crippen molar-refractivity contribution in [1.82, 2.24) is 0 Å². The number of benzene rings is 9. The van der Waals surface area contributed by atoms with E-state index in [1.165, 1.54) is 89.1 Å². The maximum atomic E-state index is 12.5. The molecule has 0 radical (unpaired) electrons. The predicted molar refractivity (Wildman–Crippen MR) is 545 cm³/mol. The van der Waals surface area contributed by atoms with Crippen LogP contribution in [0.25, 0.3) is 0 Å². The molecule has 0 bridgehead atoms. The number of rotatable bonds is 32. The van der Waals surface area contributed by atoms with E-state index in [4.69, 9.17) is 8.85 Å². The molecule has 0 fully saturated rings. The molecule has 0 saturated carbocycles. The van der Waals surface area contributed by atoms with E-state index < -0.39 is 6.98 Å². The van der Waals surface area contributed by atoms with Crippen LogP contribution in [0, 0.1) is 69.1 Å². The second kappa shape index (κ2) is 55.5. The van der Waals surface area contributed by atoms with Crippen LogP contribution < -0.4 is 34.1 Å². The van der Waals surface area contributed by atoms with Crippen LogP contribution in [0.3, 0.4) is 0 Å². The Labute approximate surface area is 754 Å². The van der Waals surface area contributed by atoms with Crippen LogP contribution in [0.15, 0.2) is 212 Å². The Morgan fingerprint density at radius 2 is 0.598 bits per heavy atom. The maximum Gasteiger partial charge on any atom is 0.227 e. The monoisotopic (exact) mass is 1660 g/mol. The van der Waals surface area contributed by atoms with Gasteiger partial charge in [0.05, 0.1) is 6.10 Å². The van der Waals surface area contributed by atoms with Gasteiger partial charge in [-0.3, -0.25) is 4.79 Å². The summed E-state index contributed by atoms with van der Waals surface area (Å²) in [6.45, 7) is 72.5. The molecule has 1 amide bonds. The fraction of sp³-hybridized carbons (Fsp3) is 0.518. The summed E-state index contributed by atoms with van der Waals surface area (Å²) < 4.78 is 28.8. The van der Waals surface area contributed by atoms with Crippen LogP contribution >= 0.6 is 0 Å². The van der Waals surface area contributed by atoms with Gasteiger partial charge in [-0.05, 0) is 329 Å². The van der Waals surface area contributed by atoms with Crippen LogP contribution in [0.1, 0.15) is 280 Å². The fourth-order valence-electron chi connectivity index (χ4n) is 15.6. The molecule has 9 aromatic carbocycles. The molecule has 8 nitrogen and oxygen atoms in total. The van der Waals surface area contributed by atoms with Gasteiger partial charge in [-0.25, -0.2) is 0 Å². The minimum absolute atomic E-state index is 0.0502. The van der Waals surface area contributed by atoms with Crippen LogP contribution in [0.4, 0.5) is 45.5 Å². The number of nitrogens with zero attached hydrogens (tertiary/aromatic N) is 6. The topological polar surface area (TPSA) is 45.7 Å². The summed E-state index contributed by atoms with van der Waals surface area (Å²) in [4.78, 5) is 25.8. The van der Waals surface area contributed by atoms with Gasteiger partial charge in [0.2, 0.25) is 5.91 Å². The van der Waals surface area contributed by atoms with E-state index in [2.05, 4.69) is 424 Å². The summed E-state index contributed by atoms with van der Waals surface area (Å²) in [5.74, 6) is 5.77. The Balaban J connectivity index is 0.000000378. The number of para-hydroxylation sites is 9. The van der Waals surface area contributed by atoms with Gasteiger partial charge >= 0.3 is 0 Å². The van der Waals surface area contributed by atoms with E-state index in [0.717, 1.165) is 67.6 Å². The minimum Gasteiger partial charge on any atom is -0.491 e. The average Bonchev–Trinajstić information content (AvgIpc) is 0.617. The second-order valence-corrected chi connectivity index (χ2v) is 38.8. The van der Waals surface area contributed by atoms with E-state index >= 15 is 0 Å². The molecule has 0 saturated heterocycles. The van der Waals surface area contributed by atoms with Gasteiger partial charge < -0.3 is 34.1 Å². The number of ether oxygens (including phenoxy) is 1. The van der Waals surface area contributed by atoms with Gasteiger partial charge in [0.15, 0.2) is 0 Å². The van der Waals surface area contributed by atoms with E-state index in [9.17, 15) is 4.79 Å². The van der Waals surface area contributed by atoms with E-state index in [1.807, 2.05) is 55.1 Å². The van der Waals surface area contributed by atoms with Crippen molar-refractivity contribution in [3.8, 4) is 5.75 Å². The van der Waals surface area contributed by atoms with Gasteiger partial charge in [-0.15, -0.1) is 0 Å². The zero-order valence-electron chi connectivity index (χ0n) is 86.5. The van der Waals surface area contributed by atoms with Gasteiger partial charge in [-0.1, -0.05) is 261 Å². The van der Waals surface area contributed by atoms with Gasteiger partial charge in [-0.2, -0.15) is 0 Å². The van der Waals surface area contributed by atoms with Crippen molar-refractivity contribution in [2.45, 2.75) is 335 Å². The summed E-state index contributed by atoms with van der Waals surface area (Å²) >= 11 is 0. The number of aryl methyl sites for hydroxylation is 4. The predicted octanol–water partition coefficient (Wildman–Crippen LogP) is 31.6. The molecule has 8 heteroatoms. The summed E-state index contributed by atoms with van der Waals surface area (Å²) in [5.41, 5.74) is 23.3. The molecule has 0 aromatic heterocycles.